The van der Waals surface area contributed by atoms with Crippen LogP contribution in [0, 0.1) is 19.8 Å². The van der Waals surface area contributed by atoms with E-state index in [4.69, 9.17) is 0 Å². The average molecular weight is 174 g/mol. The molecule has 0 aliphatic carbocycles. The van der Waals surface area contributed by atoms with Crippen molar-refractivity contribution in [1.29, 1.82) is 0 Å². The predicted octanol–water partition coefficient (Wildman–Crippen LogP) is 3.37. The third-order valence-electron chi connectivity index (χ3n) is 2.24. The van der Waals surface area contributed by atoms with E-state index in [-0.39, 0.29) is 0 Å². The fourth-order valence-corrected chi connectivity index (χ4v) is 1.60. The van der Waals surface area contributed by atoms with Crippen LogP contribution in [0.1, 0.15) is 30.5 Å². The van der Waals surface area contributed by atoms with E-state index in [9.17, 15) is 0 Å². The van der Waals surface area contributed by atoms with Gasteiger partial charge in [0.05, 0.1) is 0 Å². The second kappa shape index (κ2) is 6.31. The maximum atomic E-state index is 4.00. The molecule has 0 saturated heterocycles. The third-order valence-corrected chi connectivity index (χ3v) is 2.24. The fourth-order valence-electron chi connectivity index (χ4n) is 1.60. The van der Waals surface area contributed by atoms with E-state index in [1.165, 1.54) is 16.7 Å². The highest BCUT2D eigenvalue weighted by Crippen LogP contribution is 2.14. The number of terminal acetylenes is 1. The molecule has 0 atom stereocenters. The van der Waals surface area contributed by atoms with Crippen molar-refractivity contribution in [1.82, 2.24) is 0 Å². The van der Waals surface area contributed by atoms with Crippen molar-refractivity contribution < 1.29 is 0 Å². The van der Waals surface area contributed by atoms with Gasteiger partial charge in [-0.15, -0.1) is 12.8 Å². The van der Waals surface area contributed by atoms with Crippen LogP contribution in [0.3, 0.4) is 0 Å². The van der Waals surface area contributed by atoms with Crippen LogP contribution in [0.5, 0.6) is 0 Å². The van der Waals surface area contributed by atoms with Gasteiger partial charge in [0.2, 0.25) is 0 Å². The fraction of sp³-hybridized carbons (Fsp3) is 0.385. The van der Waals surface area contributed by atoms with Crippen LogP contribution in [-0.2, 0) is 12.8 Å². The summed E-state index contributed by atoms with van der Waals surface area (Å²) in [5, 5.41) is 0. The highest BCUT2D eigenvalue weighted by molar-refractivity contribution is 5.34. The molecule has 13 heavy (non-hydrogen) atoms. The second-order valence-corrected chi connectivity index (χ2v) is 2.92. The number of aryl methyl sites for hydroxylation is 2. The Morgan fingerprint density at radius 2 is 1.69 bits per heavy atom. The molecular formula is C13H18. The van der Waals surface area contributed by atoms with Crippen molar-refractivity contribution in [2.75, 3.05) is 0 Å². The van der Waals surface area contributed by atoms with Gasteiger partial charge in [0.15, 0.2) is 0 Å². The Hall–Kier alpha value is -1.22. The SMILES string of the molecule is C#C.CCc1cccc(C)c1CC. The second-order valence-electron chi connectivity index (χ2n) is 2.92. The first kappa shape index (κ1) is 11.8. The average Bonchev–Trinajstić information content (AvgIpc) is 2.20. The van der Waals surface area contributed by atoms with Gasteiger partial charge in [-0.25, -0.2) is 0 Å². The number of hydrogen-bond donors (Lipinski definition) is 0. The Labute approximate surface area is 82.0 Å². The molecule has 0 unspecified atom stereocenters. The van der Waals surface area contributed by atoms with Crippen LogP contribution in [0.15, 0.2) is 18.2 Å². The van der Waals surface area contributed by atoms with Gasteiger partial charge in [-0.3, -0.25) is 0 Å². The van der Waals surface area contributed by atoms with E-state index in [1.807, 2.05) is 0 Å². The molecule has 0 fully saturated rings. The first-order valence-electron chi connectivity index (χ1n) is 4.70. The molecule has 0 aliphatic rings. The van der Waals surface area contributed by atoms with Crippen molar-refractivity contribution in [3.63, 3.8) is 0 Å². The standard InChI is InChI=1S/C11H16.C2H2/c1-4-10-8-6-7-9(3)11(10)5-2;1-2/h6-8H,4-5H2,1-3H3;1-2H. The molecule has 0 radical (unpaired) electrons. The molecule has 0 heterocycles. The molecule has 0 N–H and O–H groups in total. The molecule has 0 spiro atoms. The number of rotatable bonds is 2. The minimum Gasteiger partial charge on any atom is -0.124 e. The Kier molecular flexibility index (Phi) is 5.72. The molecule has 0 saturated carbocycles. The normalized spacial score (nSPS) is 8.69. The van der Waals surface area contributed by atoms with Crippen LogP contribution in [0.25, 0.3) is 0 Å². The number of hydrogen-bond acceptors (Lipinski definition) is 0. The van der Waals surface area contributed by atoms with Gasteiger partial charge in [-0.2, -0.15) is 0 Å². The molecule has 0 bridgehead atoms. The van der Waals surface area contributed by atoms with E-state index >= 15 is 0 Å². The topological polar surface area (TPSA) is 0 Å². The molecule has 0 aromatic heterocycles. The summed E-state index contributed by atoms with van der Waals surface area (Å²) in [7, 11) is 0. The van der Waals surface area contributed by atoms with Crippen LogP contribution in [0.2, 0.25) is 0 Å². The summed E-state index contributed by atoms with van der Waals surface area (Å²) in [4.78, 5) is 0. The summed E-state index contributed by atoms with van der Waals surface area (Å²) in [6, 6.07) is 6.57. The van der Waals surface area contributed by atoms with Gasteiger partial charge in [0.25, 0.3) is 0 Å². The zero-order valence-electron chi connectivity index (χ0n) is 8.80. The van der Waals surface area contributed by atoms with E-state index in [0.717, 1.165) is 12.8 Å². The third kappa shape index (κ3) is 2.95. The van der Waals surface area contributed by atoms with Crippen LogP contribution >= 0.6 is 0 Å². The predicted molar refractivity (Wildman–Crippen MR) is 59.8 cm³/mol. The van der Waals surface area contributed by atoms with Gasteiger partial charge in [0, 0.05) is 0 Å². The molecule has 0 nitrogen and oxygen atoms in total. The largest absolute Gasteiger partial charge is 0.124 e. The lowest BCUT2D eigenvalue weighted by atomic mass is 9.98. The van der Waals surface area contributed by atoms with Gasteiger partial charge in [-0.1, -0.05) is 32.0 Å². The first-order valence-corrected chi connectivity index (χ1v) is 4.70. The van der Waals surface area contributed by atoms with Gasteiger partial charge < -0.3 is 0 Å². The quantitative estimate of drug-likeness (QED) is 0.603. The first-order chi connectivity index (χ1) is 6.29. The van der Waals surface area contributed by atoms with Gasteiger partial charge in [0.1, 0.15) is 0 Å². The van der Waals surface area contributed by atoms with Crippen LogP contribution in [0.4, 0.5) is 0 Å². The Bertz CT molecular complexity index is 269. The van der Waals surface area contributed by atoms with Crippen LogP contribution < -0.4 is 0 Å². The van der Waals surface area contributed by atoms with Gasteiger partial charge >= 0.3 is 0 Å². The summed E-state index contributed by atoms with van der Waals surface area (Å²) >= 11 is 0. The lowest BCUT2D eigenvalue weighted by molar-refractivity contribution is 1.02. The van der Waals surface area contributed by atoms with Crippen LogP contribution in [-0.4, -0.2) is 0 Å². The van der Waals surface area contributed by atoms with E-state index in [2.05, 4.69) is 51.8 Å². The maximum Gasteiger partial charge on any atom is -0.0302 e. The van der Waals surface area contributed by atoms with Crippen molar-refractivity contribution in [2.45, 2.75) is 33.6 Å². The zero-order valence-corrected chi connectivity index (χ0v) is 8.80. The lowest BCUT2D eigenvalue weighted by Gasteiger charge is -2.07. The summed E-state index contributed by atoms with van der Waals surface area (Å²) in [6.45, 7) is 6.63. The Balaban J connectivity index is 0.000000671. The molecule has 1 aromatic rings. The zero-order chi connectivity index (χ0) is 10.3. The molecule has 1 rings (SSSR count). The minimum absolute atomic E-state index is 1.16. The van der Waals surface area contributed by atoms with Crippen molar-refractivity contribution in [3.05, 3.63) is 34.9 Å². The molecule has 70 valence electrons. The summed E-state index contributed by atoms with van der Waals surface area (Å²) < 4.78 is 0. The van der Waals surface area contributed by atoms with Crippen molar-refractivity contribution in [3.8, 4) is 12.8 Å². The molecule has 0 heteroatoms. The Morgan fingerprint density at radius 1 is 1.08 bits per heavy atom. The van der Waals surface area contributed by atoms with E-state index < -0.39 is 0 Å². The highest BCUT2D eigenvalue weighted by atomic mass is 14.0. The minimum atomic E-state index is 1.16. The molecule has 1 aromatic carbocycles. The Morgan fingerprint density at radius 3 is 2.08 bits per heavy atom. The smallest absolute Gasteiger partial charge is 0.0302 e. The summed E-state index contributed by atoms with van der Waals surface area (Å²) in [6.07, 6.45) is 10.3. The maximum absolute atomic E-state index is 4.00. The van der Waals surface area contributed by atoms with E-state index in [1.54, 1.807) is 0 Å². The van der Waals surface area contributed by atoms with Crippen molar-refractivity contribution in [2.24, 2.45) is 0 Å². The summed E-state index contributed by atoms with van der Waals surface area (Å²) in [5.74, 6) is 0. The lowest BCUT2D eigenvalue weighted by Crippen LogP contribution is -1.93. The highest BCUT2D eigenvalue weighted by Gasteiger charge is 1.99. The monoisotopic (exact) mass is 174 g/mol. The summed E-state index contributed by atoms with van der Waals surface area (Å²) in [5.41, 5.74) is 4.48. The number of benzene rings is 1. The molecular weight excluding hydrogens is 156 g/mol. The van der Waals surface area contributed by atoms with Crippen molar-refractivity contribution >= 4 is 0 Å². The van der Waals surface area contributed by atoms with Gasteiger partial charge in [-0.05, 0) is 36.5 Å². The van der Waals surface area contributed by atoms with E-state index in [0.29, 0.717) is 0 Å². The molecule has 0 aliphatic heterocycles. The molecule has 0 amide bonds.